The number of Topliss-reactive ketones (excluding diaryl/α,β-unsaturated/α-hetero) is 1. The first-order valence-electron chi connectivity index (χ1n) is 16.5. The summed E-state index contributed by atoms with van der Waals surface area (Å²) in [5, 5.41) is 13.1. The van der Waals surface area contributed by atoms with E-state index in [4.69, 9.17) is 13.9 Å². The van der Waals surface area contributed by atoms with Crippen LogP contribution in [-0.4, -0.2) is 49.9 Å². The van der Waals surface area contributed by atoms with Gasteiger partial charge in [0.25, 0.3) is 8.32 Å². The van der Waals surface area contributed by atoms with Crippen LogP contribution < -0.4 is 10.4 Å². The van der Waals surface area contributed by atoms with E-state index in [2.05, 4.69) is 107 Å². The molecule has 44 heavy (non-hydrogen) atoms. The number of aliphatic hydroxyl groups excluding tert-OH is 1. The Kier molecular flexibility index (Phi) is 9.89. The third kappa shape index (κ3) is 6.75. The summed E-state index contributed by atoms with van der Waals surface area (Å²) in [7, 11) is -2.62. The van der Waals surface area contributed by atoms with Crippen molar-refractivity contribution in [1.29, 1.82) is 0 Å². The van der Waals surface area contributed by atoms with E-state index in [1.807, 2.05) is 20.8 Å². The fraction of sp³-hybridized carbons (Fsp3) is 0.553. The van der Waals surface area contributed by atoms with Crippen LogP contribution in [0, 0.1) is 23.7 Å². The molecule has 1 aliphatic heterocycles. The number of rotatable bonds is 9. The van der Waals surface area contributed by atoms with Crippen LogP contribution in [0.15, 0.2) is 84.5 Å². The second-order valence-corrected chi connectivity index (χ2v) is 19.0. The highest BCUT2D eigenvalue weighted by Gasteiger charge is 2.50. The second-order valence-electron chi connectivity index (χ2n) is 14.7. The molecule has 0 bridgehead atoms. The van der Waals surface area contributed by atoms with Crippen molar-refractivity contribution in [3.05, 3.63) is 84.5 Å². The molecule has 1 heterocycles. The summed E-state index contributed by atoms with van der Waals surface area (Å²) in [5.41, 5.74) is 1.07. The van der Waals surface area contributed by atoms with Crippen LogP contribution in [0.3, 0.4) is 0 Å². The molecule has 1 fully saturated rings. The highest BCUT2D eigenvalue weighted by atomic mass is 28.4. The van der Waals surface area contributed by atoms with E-state index in [1.54, 1.807) is 0 Å². The zero-order chi connectivity index (χ0) is 31.7. The van der Waals surface area contributed by atoms with Crippen LogP contribution in [-0.2, 0) is 18.7 Å². The van der Waals surface area contributed by atoms with Crippen LogP contribution >= 0.6 is 0 Å². The SMILES string of the molecule is C[C@H]1C=CC2=C[C@H](C)[C@H](O)C(=O)[C@@H]2[C@H]1CC[C@@H]1C[C@H](CCO[Si](c2ccccc2)(c2ccccc2)C(C)(C)C)OC(C)(C)O1. The number of hydrogen-bond donors (Lipinski definition) is 1. The van der Waals surface area contributed by atoms with E-state index in [0.29, 0.717) is 6.61 Å². The van der Waals surface area contributed by atoms with Gasteiger partial charge in [-0.25, -0.2) is 0 Å². The minimum Gasteiger partial charge on any atom is -0.407 e. The van der Waals surface area contributed by atoms with E-state index in [0.717, 1.165) is 31.3 Å². The third-order valence-electron chi connectivity index (χ3n) is 10.0. The number of carbonyl (C=O) groups excluding carboxylic acids is 1. The lowest BCUT2D eigenvalue weighted by Gasteiger charge is -2.45. The number of hydrogen-bond acceptors (Lipinski definition) is 5. The minimum absolute atomic E-state index is 0.0140. The zero-order valence-electron chi connectivity index (χ0n) is 27.7. The third-order valence-corrected chi connectivity index (χ3v) is 15.1. The molecule has 0 aromatic heterocycles. The molecular weight excluding hydrogens is 564 g/mol. The molecule has 0 radical (unpaired) electrons. The highest BCUT2D eigenvalue weighted by Crippen LogP contribution is 2.43. The molecule has 5 rings (SSSR count). The average Bonchev–Trinajstić information content (AvgIpc) is 2.97. The highest BCUT2D eigenvalue weighted by molar-refractivity contribution is 6.99. The number of fused-ring (bicyclic) bond motifs is 1. The van der Waals surface area contributed by atoms with Gasteiger partial charge in [0, 0.05) is 24.9 Å². The van der Waals surface area contributed by atoms with E-state index in [1.165, 1.54) is 10.4 Å². The zero-order valence-corrected chi connectivity index (χ0v) is 28.7. The Balaban J connectivity index is 1.29. The van der Waals surface area contributed by atoms with E-state index in [9.17, 15) is 9.90 Å². The van der Waals surface area contributed by atoms with Crippen molar-refractivity contribution >= 4 is 24.5 Å². The number of allylic oxidation sites excluding steroid dienone is 3. The Morgan fingerprint density at radius 3 is 2.02 bits per heavy atom. The number of ether oxygens (including phenoxy) is 2. The van der Waals surface area contributed by atoms with Gasteiger partial charge in [0.15, 0.2) is 11.6 Å². The number of ketones is 1. The maximum atomic E-state index is 13.2. The molecular formula is C38H52O5Si. The lowest BCUT2D eigenvalue weighted by molar-refractivity contribution is -0.302. The van der Waals surface area contributed by atoms with Crippen molar-refractivity contribution < 1.29 is 23.8 Å². The molecule has 0 unspecified atom stereocenters. The largest absolute Gasteiger partial charge is 0.407 e. The Morgan fingerprint density at radius 2 is 1.45 bits per heavy atom. The van der Waals surface area contributed by atoms with Crippen LogP contribution in [0.5, 0.6) is 0 Å². The molecule has 1 N–H and O–H groups in total. The van der Waals surface area contributed by atoms with Crippen LogP contribution in [0.1, 0.15) is 74.1 Å². The predicted octanol–water partition coefficient (Wildman–Crippen LogP) is 6.59. The van der Waals surface area contributed by atoms with Gasteiger partial charge in [-0.2, -0.15) is 0 Å². The fourth-order valence-electron chi connectivity index (χ4n) is 7.92. The molecule has 0 spiro atoms. The number of carbonyl (C=O) groups is 1. The molecule has 5 nitrogen and oxygen atoms in total. The van der Waals surface area contributed by atoms with Crippen molar-refractivity contribution in [2.24, 2.45) is 23.7 Å². The molecule has 2 aromatic carbocycles. The van der Waals surface area contributed by atoms with Crippen molar-refractivity contribution in [2.45, 2.75) is 103 Å². The van der Waals surface area contributed by atoms with E-state index >= 15 is 0 Å². The first-order valence-corrected chi connectivity index (χ1v) is 18.5. The monoisotopic (exact) mass is 616 g/mol. The molecule has 3 aliphatic rings. The van der Waals surface area contributed by atoms with E-state index < -0.39 is 20.2 Å². The van der Waals surface area contributed by atoms with Gasteiger partial charge in [0.05, 0.1) is 12.2 Å². The Bertz CT molecular complexity index is 1290. The Morgan fingerprint density at radius 1 is 0.886 bits per heavy atom. The normalized spacial score (nSPS) is 30.5. The Labute approximate surface area is 265 Å². The first-order chi connectivity index (χ1) is 20.8. The summed E-state index contributed by atoms with van der Waals surface area (Å²) in [6, 6.07) is 21.5. The molecule has 0 amide bonds. The van der Waals surface area contributed by atoms with Gasteiger partial charge in [-0.3, -0.25) is 4.79 Å². The maximum Gasteiger partial charge on any atom is 0.261 e. The fourth-order valence-corrected chi connectivity index (χ4v) is 12.5. The van der Waals surface area contributed by atoms with Gasteiger partial charge in [0.2, 0.25) is 0 Å². The molecule has 6 heteroatoms. The van der Waals surface area contributed by atoms with Crippen molar-refractivity contribution in [2.75, 3.05) is 6.61 Å². The lowest BCUT2D eigenvalue weighted by atomic mass is 9.65. The topological polar surface area (TPSA) is 65.0 Å². The molecule has 1 saturated heterocycles. The lowest BCUT2D eigenvalue weighted by Crippen LogP contribution is -2.66. The van der Waals surface area contributed by atoms with Crippen molar-refractivity contribution in [1.82, 2.24) is 0 Å². The summed E-state index contributed by atoms with van der Waals surface area (Å²) in [6.45, 7) is 15.6. The summed E-state index contributed by atoms with van der Waals surface area (Å²) in [6.07, 6.45) is 8.85. The smallest absolute Gasteiger partial charge is 0.261 e. The van der Waals surface area contributed by atoms with Crippen molar-refractivity contribution in [3.8, 4) is 0 Å². The van der Waals surface area contributed by atoms with Gasteiger partial charge in [0.1, 0.15) is 6.10 Å². The molecule has 7 atom stereocenters. The van der Waals surface area contributed by atoms with Crippen molar-refractivity contribution in [3.63, 3.8) is 0 Å². The quantitative estimate of drug-likeness (QED) is 0.322. The van der Waals surface area contributed by atoms with Crippen LogP contribution in [0.2, 0.25) is 5.04 Å². The van der Waals surface area contributed by atoms with Gasteiger partial charge in [-0.15, -0.1) is 0 Å². The standard InChI is InChI=1S/C38H52O5Si/c1-26-18-19-28-24-27(2)35(39)36(40)34(28)33(26)21-20-29-25-30(43-38(6,7)42-29)22-23-41-44(37(3,4)5,31-14-10-8-11-15-31)32-16-12-9-13-17-32/h8-19,24,26-27,29-30,33-35,39H,20-23,25H2,1-7H3/t26-,27-,29+,30-,33-,34-,35-/m0/s1. The summed E-state index contributed by atoms with van der Waals surface area (Å²) >= 11 is 0. The van der Waals surface area contributed by atoms with Gasteiger partial charge < -0.3 is 19.0 Å². The molecule has 0 saturated carbocycles. The van der Waals surface area contributed by atoms with Gasteiger partial charge in [-0.05, 0) is 65.9 Å². The first kappa shape index (κ1) is 33.0. The molecule has 2 aromatic rings. The summed E-state index contributed by atoms with van der Waals surface area (Å²) in [4.78, 5) is 13.2. The number of aliphatic hydroxyl groups is 1. The maximum absolute atomic E-state index is 13.2. The molecule has 238 valence electrons. The average molecular weight is 617 g/mol. The predicted molar refractivity (Wildman–Crippen MR) is 179 cm³/mol. The van der Waals surface area contributed by atoms with Gasteiger partial charge >= 0.3 is 0 Å². The number of benzene rings is 2. The van der Waals surface area contributed by atoms with Gasteiger partial charge in [-0.1, -0.05) is 114 Å². The van der Waals surface area contributed by atoms with Crippen LogP contribution in [0.4, 0.5) is 0 Å². The summed E-state index contributed by atoms with van der Waals surface area (Å²) in [5.74, 6) is -0.663. The van der Waals surface area contributed by atoms with Crippen LogP contribution in [0.25, 0.3) is 0 Å². The molecule has 2 aliphatic carbocycles. The Hall–Kier alpha value is -2.35. The summed E-state index contributed by atoms with van der Waals surface area (Å²) < 4.78 is 20.1. The second kappa shape index (κ2) is 13.2. The van der Waals surface area contributed by atoms with E-state index in [-0.39, 0.29) is 46.7 Å². The minimum atomic E-state index is -2.62.